The lowest BCUT2D eigenvalue weighted by Crippen LogP contribution is -2.60. The molecule has 0 aliphatic carbocycles. The fourth-order valence-electron chi connectivity index (χ4n) is 2.11. The molecule has 1 amide bonds. The summed E-state index contributed by atoms with van der Waals surface area (Å²) < 4.78 is 10.4. The second-order valence-electron chi connectivity index (χ2n) is 4.81. The van der Waals surface area contributed by atoms with E-state index in [-0.39, 0.29) is 6.61 Å². The van der Waals surface area contributed by atoms with Crippen molar-refractivity contribution in [3.05, 3.63) is 12.2 Å². The van der Waals surface area contributed by atoms with Crippen LogP contribution < -0.4 is 5.32 Å². The number of hydrogen-bond donors (Lipinski definition) is 5. The Balaban J connectivity index is 3.13. The molecular formula is C13H21NO8. The third-order valence-corrected chi connectivity index (χ3v) is 3.13. The first kappa shape index (κ1) is 18.5. The standard InChI is InChI=1S/C13H21NO8/c1-3-21-13(12(19)20)5-4-8(14-7(2)16)11(22-13)10(18)9(17)6-15/h4-5,8-11,15,17-18H,3,6H2,1-2H3,(H,14,16)(H,19,20)/t8-,9-,10-,11-,13+/m1/s1. The van der Waals surface area contributed by atoms with Gasteiger partial charge in [-0.3, -0.25) is 4.79 Å². The van der Waals surface area contributed by atoms with Crippen molar-refractivity contribution in [2.75, 3.05) is 13.2 Å². The number of carbonyl (C=O) groups excluding carboxylic acids is 1. The van der Waals surface area contributed by atoms with Crippen LogP contribution in [0.1, 0.15) is 13.8 Å². The third-order valence-electron chi connectivity index (χ3n) is 3.13. The van der Waals surface area contributed by atoms with Crippen LogP contribution >= 0.6 is 0 Å². The lowest BCUT2D eigenvalue weighted by molar-refractivity contribution is -0.260. The van der Waals surface area contributed by atoms with E-state index in [0.717, 1.165) is 6.08 Å². The Morgan fingerprint density at radius 2 is 2.09 bits per heavy atom. The second kappa shape index (κ2) is 7.65. The molecule has 0 saturated heterocycles. The third kappa shape index (κ3) is 4.02. The van der Waals surface area contributed by atoms with Crippen molar-refractivity contribution in [1.29, 1.82) is 0 Å². The maximum atomic E-state index is 11.4. The molecule has 0 radical (unpaired) electrons. The smallest absolute Gasteiger partial charge is 0.368 e. The number of carboxylic acid groups (broad SMARTS) is 1. The Kier molecular flexibility index (Phi) is 6.45. The van der Waals surface area contributed by atoms with Gasteiger partial charge in [0.05, 0.1) is 12.6 Å². The summed E-state index contributed by atoms with van der Waals surface area (Å²) in [5.41, 5.74) is 0. The van der Waals surface area contributed by atoms with Gasteiger partial charge in [0.1, 0.15) is 18.3 Å². The maximum absolute atomic E-state index is 11.4. The van der Waals surface area contributed by atoms with E-state index in [1.54, 1.807) is 6.92 Å². The summed E-state index contributed by atoms with van der Waals surface area (Å²) in [5, 5.41) is 40.3. The van der Waals surface area contributed by atoms with Crippen LogP contribution in [0.2, 0.25) is 0 Å². The Bertz CT molecular complexity index is 440. The molecule has 0 aromatic heterocycles. The molecule has 126 valence electrons. The largest absolute Gasteiger partial charge is 0.477 e. The van der Waals surface area contributed by atoms with Gasteiger partial charge < -0.3 is 35.2 Å². The lowest BCUT2D eigenvalue weighted by atomic mass is 9.96. The van der Waals surface area contributed by atoms with Crippen LogP contribution in [0.15, 0.2) is 12.2 Å². The molecule has 9 nitrogen and oxygen atoms in total. The molecule has 1 rings (SSSR count). The molecule has 0 saturated carbocycles. The Hall–Kier alpha value is -1.52. The Morgan fingerprint density at radius 1 is 1.45 bits per heavy atom. The van der Waals surface area contributed by atoms with Crippen molar-refractivity contribution in [3.63, 3.8) is 0 Å². The van der Waals surface area contributed by atoms with Crippen molar-refractivity contribution < 1.29 is 39.5 Å². The van der Waals surface area contributed by atoms with Gasteiger partial charge in [-0.15, -0.1) is 0 Å². The molecule has 1 aliphatic heterocycles. The van der Waals surface area contributed by atoms with E-state index in [4.69, 9.17) is 14.6 Å². The molecule has 1 heterocycles. The predicted molar refractivity (Wildman–Crippen MR) is 72.7 cm³/mol. The fourth-order valence-corrected chi connectivity index (χ4v) is 2.11. The predicted octanol–water partition coefficient (Wildman–Crippen LogP) is -2.02. The van der Waals surface area contributed by atoms with Crippen LogP contribution in [0.4, 0.5) is 0 Å². The molecule has 22 heavy (non-hydrogen) atoms. The zero-order chi connectivity index (χ0) is 16.9. The monoisotopic (exact) mass is 319 g/mol. The number of aliphatic carboxylic acids is 1. The normalized spacial score (nSPS) is 30.6. The van der Waals surface area contributed by atoms with E-state index in [1.807, 2.05) is 0 Å². The average molecular weight is 319 g/mol. The van der Waals surface area contributed by atoms with Gasteiger partial charge in [0, 0.05) is 13.5 Å². The first-order valence-corrected chi connectivity index (χ1v) is 6.76. The molecule has 5 N–H and O–H groups in total. The van der Waals surface area contributed by atoms with Crippen molar-refractivity contribution in [1.82, 2.24) is 5.32 Å². The second-order valence-corrected chi connectivity index (χ2v) is 4.81. The minimum absolute atomic E-state index is 0.0206. The molecule has 0 spiro atoms. The van der Waals surface area contributed by atoms with E-state index in [1.165, 1.54) is 13.0 Å². The first-order valence-electron chi connectivity index (χ1n) is 6.76. The molecular weight excluding hydrogens is 298 g/mol. The van der Waals surface area contributed by atoms with Crippen molar-refractivity contribution in [2.45, 2.75) is 44.0 Å². The highest BCUT2D eigenvalue weighted by molar-refractivity contribution is 5.79. The van der Waals surface area contributed by atoms with Gasteiger partial charge in [-0.05, 0) is 13.0 Å². The SMILES string of the molecule is CCO[C@@]1(C(=O)O)C=C[C@@H](NC(C)=O)[C@H]([C@H](O)[C@H](O)CO)O1. The topological polar surface area (TPSA) is 146 Å². The average Bonchev–Trinajstić information content (AvgIpc) is 2.46. The van der Waals surface area contributed by atoms with Crippen LogP contribution in [0.5, 0.6) is 0 Å². The number of amides is 1. The zero-order valence-corrected chi connectivity index (χ0v) is 12.3. The minimum atomic E-state index is -2.13. The quantitative estimate of drug-likeness (QED) is 0.338. The molecule has 0 fully saturated rings. The van der Waals surface area contributed by atoms with Gasteiger partial charge in [0.2, 0.25) is 5.91 Å². The highest BCUT2D eigenvalue weighted by atomic mass is 16.7. The number of aliphatic hydroxyl groups excluding tert-OH is 3. The van der Waals surface area contributed by atoms with E-state index in [9.17, 15) is 24.9 Å². The summed E-state index contributed by atoms with van der Waals surface area (Å²) in [7, 11) is 0. The summed E-state index contributed by atoms with van der Waals surface area (Å²) >= 11 is 0. The Morgan fingerprint density at radius 3 is 2.55 bits per heavy atom. The molecule has 9 heteroatoms. The summed E-state index contributed by atoms with van der Waals surface area (Å²) in [4.78, 5) is 22.6. The first-order chi connectivity index (χ1) is 10.3. The van der Waals surface area contributed by atoms with Gasteiger partial charge in [-0.2, -0.15) is 0 Å². The molecule has 0 unspecified atom stereocenters. The van der Waals surface area contributed by atoms with Crippen LogP contribution in [0, 0.1) is 0 Å². The number of hydrogen-bond acceptors (Lipinski definition) is 7. The van der Waals surface area contributed by atoms with Crippen LogP contribution in [0.25, 0.3) is 0 Å². The van der Waals surface area contributed by atoms with Gasteiger partial charge in [-0.1, -0.05) is 6.08 Å². The number of nitrogens with one attached hydrogen (secondary N) is 1. The number of aliphatic hydroxyl groups is 3. The Labute approximate surface area is 127 Å². The molecule has 0 aromatic rings. The maximum Gasteiger partial charge on any atom is 0.368 e. The van der Waals surface area contributed by atoms with Crippen molar-refractivity contribution >= 4 is 11.9 Å². The van der Waals surface area contributed by atoms with Crippen LogP contribution in [-0.4, -0.2) is 75.7 Å². The molecule has 0 bridgehead atoms. The van der Waals surface area contributed by atoms with Gasteiger partial charge >= 0.3 is 5.97 Å². The molecule has 1 aliphatic rings. The molecule has 5 atom stereocenters. The van der Waals surface area contributed by atoms with Gasteiger partial charge in [0.15, 0.2) is 0 Å². The summed E-state index contributed by atoms with van der Waals surface area (Å²) in [5.74, 6) is -4.01. The highest BCUT2D eigenvalue weighted by Crippen LogP contribution is 2.28. The summed E-state index contributed by atoms with van der Waals surface area (Å²) in [6.45, 7) is 2.07. The van der Waals surface area contributed by atoms with Gasteiger partial charge in [0.25, 0.3) is 5.79 Å². The summed E-state index contributed by atoms with van der Waals surface area (Å²) in [6.07, 6.45) is -2.09. The minimum Gasteiger partial charge on any atom is -0.477 e. The number of carbonyl (C=O) groups is 2. The number of rotatable bonds is 7. The van der Waals surface area contributed by atoms with E-state index in [2.05, 4.69) is 5.32 Å². The van der Waals surface area contributed by atoms with Crippen LogP contribution in [0.3, 0.4) is 0 Å². The van der Waals surface area contributed by atoms with E-state index < -0.39 is 48.6 Å². The summed E-state index contributed by atoms with van der Waals surface area (Å²) in [6, 6.07) is -0.887. The van der Waals surface area contributed by atoms with Crippen molar-refractivity contribution in [3.8, 4) is 0 Å². The highest BCUT2D eigenvalue weighted by Gasteiger charge is 2.48. The fraction of sp³-hybridized carbons (Fsp3) is 0.692. The number of carboxylic acids is 1. The van der Waals surface area contributed by atoms with Gasteiger partial charge in [-0.25, -0.2) is 4.79 Å². The zero-order valence-electron chi connectivity index (χ0n) is 12.3. The molecule has 0 aromatic carbocycles. The van der Waals surface area contributed by atoms with E-state index >= 15 is 0 Å². The van der Waals surface area contributed by atoms with E-state index in [0.29, 0.717) is 0 Å². The van der Waals surface area contributed by atoms with Crippen LogP contribution in [-0.2, 0) is 19.1 Å². The lowest BCUT2D eigenvalue weighted by Gasteiger charge is -2.40. The number of ether oxygens (including phenoxy) is 2. The van der Waals surface area contributed by atoms with Crippen molar-refractivity contribution in [2.24, 2.45) is 0 Å².